The SMILES string of the molecule is Nc1ccnc(NC(=O)c2ccccc2Br)c1. The molecule has 3 N–H and O–H groups in total. The van der Waals surface area contributed by atoms with E-state index < -0.39 is 0 Å². The van der Waals surface area contributed by atoms with E-state index in [0.29, 0.717) is 17.1 Å². The van der Waals surface area contributed by atoms with Gasteiger partial charge in [0.05, 0.1) is 5.56 Å². The van der Waals surface area contributed by atoms with Crippen molar-refractivity contribution in [2.45, 2.75) is 0 Å². The summed E-state index contributed by atoms with van der Waals surface area (Å²) in [6.45, 7) is 0. The highest BCUT2D eigenvalue weighted by Crippen LogP contribution is 2.17. The molecule has 0 bridgehead atoms. The lowest BCUT2D eigenvalue weighted by Crippen LogP contribution is -2.13. The predicted molar refractivity (Wildman–Crippen MR) is 70.7 cm³/mol. The molecule has 0 fully saturated rings. The number of amides is 1. The van der Waals surface area contributed by atoms with E-state index in [0.717, 1.165) is 4.47 Å². The molecule has 5 heteroatoms. The maximum Gasteiger partial charge on any atom is 0.257 e. The summed E-state index contributed by atoms with van der Waals surface area (Å²) in [6.07, 6.45) is 1.55. The molecule has 0 spiro atoms. The first-order valence-corrected chi connectivity index (χ1v) is 5.73. The molecule has 1 amide bonds. The van der Waals surface area contributed by atoms with Crippen LogP contribution in [0.3, 0.4) is 0 Å². The first-order valence-electron chi connectivity index (χ1n) is 4.94. The van der Waals surface area contributed by atoms with Crippen molar-refractivity contribution >= 4 is 33.3 Å². The van der Waals surface area contributed by atoms with Crippen LogP contribution < -0.4 is 11.1 Å². The van der Waals surface area contributed by atoms with Crippen molar-refractivity contribution in [1.82, 2.24) is 4.98 Å². The van der Waals surface area contributed by atoms with Gasteiger partial charge < -0.3 is 11.1 Å². The number of nitrogen functional groups attached to an aromatic ring is 1. The summed E-state index contributed by atoms with van der Waals surface area (Å²) in [5.74, 6) is 0.210. The summed E-state index contributed by atoms with van der Waals surface area (Å²) >= 11 is 3.32. The molecule has 17 heavy (non-hydrogen) atoms. The number of aromatic nitrogens is 1. The van der Waals surface area contributed by atoms with Crippen molar-refractivity contribution in [3.8, 4) is 0 Å². The van der Waals surface area contributed by atoms with E-state index >= 15 is 0 Å². The largest absolute Gasteiger partial charge is 0.399 e. The van der Waals surface area contributed by atoms with Crippen molar-refractivity contribution in [2.75, 3.05) is 11.1 Å². The summed E-state index contributed by atoms with van der Waals surface area (Å²) in [4.78, 5) is 15.9. The Labute approximate surface area is 107 Å². The molecular weight excluding hydrogens is 282 g/mol. The maximum atomic E-state index is 11.9. The monoisotopic (exact) mass is 291 g/mol. The number of nitrogens with one attached hydrogen (secondary N) is 1. The van der Waals surface area contributed by atoms with E-state index in [1.54, 1.807) is 30.5 Å². The van der Waals surface area contributed by atoms with E-state index in [-0.39, 0.29) is 5.91 Å². The third-order valence-corrected chi connectivity index (χ3v) is 2.84. The van der Waals surface area contributed by atoms with Crippen molar-refractivity contribution < 1.29 is 4.79 Å². The summed E-state index contributed by atoms with van der Waals surface area (Å²) in [6, 6.07) is 10.4. The minimum absolute atomic E-state index is 0.226. The van der Waals surface area contributed by atoms with Crippen LogP contribution >= 0.6 is 15.9 Å². The molecule has 0 aliphatic heterocycles. The number of nitrogens with two attached hydrogens (primary N) is 1. The van der Waals surface area contributed by atoms with E-state index in [1.807, 2.05) is 12.1 Å². The highest BCUT2D eigenvalue weighted by atomic mass is 79.9. The predicted octanol–water partition coefficient (Wildman–Crippen LogP) is 2.68. The smallest absolute Gasteiger partial charge is 0.257 e. The van der Waals surface area contributed by atoms with Crippen LogP contribution in [0.1, 0.15) is 10.4 Å². The molecular formula is C12H10BrN3O. The Morgan fingerprint density at radius 3 is 2.76 bits per heavy atom. The quantitative estimate of drug-likeness (QED) is 0.894. The number of nitrogens with zero attached hydrogens (tertiary/aromatic N) is 1. The summed E-state index contributed by atoms with van der Waals surface area (Å²) in [5, 5.41) is 2.68. The van der Waals surface area contributed by atoms with Gasteiger partial charge in [0.15, 0.2) is 0 Å². The van der Waals surface area contributed by atoms with Gasteiger partial charge in [0.1, 0.15) is 5.82 Å². The standard InChI is InChI=1S/C12H10BrN3O/c13-10-4-2-1-3-9(10)12(17)16-11-7-8(14)5-6-15-11/h1-7H,(H3,14,15,16,17). The Hall–Kier alpha value is -1.88. The highest BCUT2D eigenvalue weighted by molar-refractivity contribution is 9.10. The third-order valence-electron chi connectivity index (χ3n) is 2.14. The van der Waals surface area contributed by atoms with Gasteiger partial charge in [-0.1, -0.05) is 12.1 Å². The summed E-state index contributed by atoms with van der Waals surface area (Å²) in [7, 11) is 0. The topological polar surface area (TPSA) is 68.0 Å². The molecule has 2 rings (SSSR count). The summed E-state index contributed by atoms with van der Waals surface area (Å²) in [5.41, 5.74) is 6.71. The van der Waals surface area contributed by atoms with E-state index in [4.69, 9.17) is 5.73 Å². The van der Waals surface area contributed by atoms with Crippen molar-refractivity contribution in [3.05, 3.63) is 52.6 Å². The molecule has 1 aromatic heterocycles. The van der Waals surface area contributed by atoms with Gasteiger partial charge in [-0.05, 0) is 34.1 Å². The number of halogens is 1. The van der Waals surface area contributed by atoms with Crippen molar-refractivity contribution in [2.24, 2.45) is 0 Å². The molecule has 0 saturated heterocycles. The fraction of sp³-hybridized carbons (Fsp3) is 0. The molecule has 0 saturated carbocycles. The number of benzene rings is 1. The summed E-state index contributed by atoms with van der Waals surface area (Å²) < 4.78 is 0.737. The van der Waals surface area contributed by atoms with Crippen molar-refractivity contribution in [1.29, 1.82) is 0 Å². The molecule has 4 nitrogen and oxygen atoms in total. The molecule has 1 aromatic carbocycles. The molecule has 2 aromatic rings. The van der Waals surface area contributed by atoms with Crippen LogP contribution in [0.4, 0.5) is 11.5 Å². The molecule has 0 radical (unpaired) electrons. The van der Waals surface area contributed by atoms with Crippen LogP contribution in [0.25, 0.3) is 0 Å². The minimum atomic E-state index is -0.226. The van der Waals surface area contributed by atoms with Gasteiger partial charge in [-0.2, -0.15) is 0 Å². The van der Waals surface area contributed by atoms with Gasteiger partial charge in [0, 0.05) is 22.4 Å². The van der Waals surface area contributed by atoms with E-state index in [2.05, 4.69) is 26.2 Å². The Morgan fingerprint density at radius 2 is 2.06 bits per heavy atom. The third kappa shape index (κ3) is 2.82. The zero-order chi connectivity index (χ0) is 12.3. The number of rotatable bonds is 2. The first-order chi connectivity index (χ1) is 8.16. The second-order valence-electron chi connectivity index (χ2n) is 3.41. The van der Waals surface area contributed by atoms with Gasteiger partial charge >= 0.3 is 0 Å². The zero-order valence-electron chi connectivity index (χ0n) is 8.85. The number of pyridine rings is 1. The lowest BCUT2D eigenvalue weighted by atomic mass is 10.2. The average molecular weight is 292 g/mol. The number of anilines is 2. The van der Waals surface area contributed by atoms with Crippen LogP contribution in [0.15, 0.2) is 47.1 Å². The molecule has 0 aliphatic rings. The lowest BCUT2D eigenvalue weighted by Gasteiger charge is -2.06. The Balaban J connectivity index is 2.20. The van der Waals surface area contributed by atoms with Crippen LogP contribution in [0, 0.1) is 0 Å². The fourth-order valence-corrected chi connectivity index (χ4v) is 1.81. The van der Waals surface area contributed by atoms with Gasteiger partial charge in [-0.25, -0.2) is 4.98 Å². The second kappa shape index (κ2) is 4.97. The molecule has 0 atom stereocenters. The first kappa shape index (κ1) is 11.6. The van der Waals surface area contributed by atoms with Gasteiger partial charge in [-0.15, -0.1) is 0 Å². The number of hydrogen-bond donors (Lipinski definition) is 2. The molecule has 1 heterocycles. The fourth-order valence-electron chi connectivity index (χ4n) is 1.34. The Morgan fingerprint density at radius 1 is 1.29 bits per heavy atom. The highest BCUT2D eigenvalue weighted by Gasteiger charge is 2.09. The maximum absolute atomic E-state index is 11.9. The van der Waals surface area contributed by atoms with Crippen LogP contribution in [0.5, 0.6) is 0 Å². The van der Waals surface area contributed by atoms with Gasteiger partial charge in [0.25, 0.3) is 5.91 Å². The second-order valence-corrected chi connectivity index (χ2v) is 4.26. The number of hydrogen-bond acceptors (Lipinski definition) is 3. The molecule has 0 unspecified atom stereocenters. The van der Waals surface area contributed by atoms with Crippen LogP contribution in [-0.4, -0.2) is 10.9 Å². The van der Waals surface area contributed by atoms with E-state index in [9.17, 15) is 4.79 Å². The number of carbonyl (C=O) groups is 1. The van der Waals surface area contributed by atoms with Gasteiger partial charge in [-0.3, -0.25) is 4.79 Å². The average Bonchev–Trinajstić information content (AvgIpc) is 2.29. The van der Waals surface area contributed by atoms with Crippen molar-refractivity contribution in [3.63, 3.8) is 0 Å². The molecule has 0 aliphatic carbocycles. The number of carbonyl (C=O) groups excluding carboxylic acids is 1. The molecule has 86 valence electrons. The van der Waals surface area contributed by atoms with E-state index in [1.165, 1.54) is 0 Å². The minimum Gasteiger partial charge on any atom is -0.399 e. The normalized spacial score (nSPS) is 9.94. The van der Waals surface area contributed by atoms with Gasteiger partial charge in [0.2, 0.25) is 0 Å². The lowest BCUT2D eigenvalue weighted by molar-refractivity contribution is 0.102. The zero-order valence-corrected chi connectivity index (χ0v) is 10.4. The van der Waals surface area contributed by atoms with Crippen LogP contribution in [-0.2, 0) is 0 Å². The van der Waals surface area contributed by atoms with Crippen LogP contribution in [0.2, 0.25) is 0 Å². The Kier molecular flexibility index (Phi) is 3.39. The Bertz CT molecular complexity index is 557.